The van der Waals surface area contributed by atoms with Gasteiger partial charge in [0.2, 0.25) is 0 Å². The zero-order valence-corrected chi connectivity index (χ0v) is 11.3. The Kier molecular flexibility index (Phi) is 3.85. The van der Waals surface area contributed by atoms with Crippen LogP contribution in [0.1, 0.15) is 44.9 Å². The number of amides is 2. The lowest BCUT2D eigenvalue weighted by atomic mass is 10.1. The fourth-order valence-electron chi connectivity index (χ4n) is 2.01. The van der Waals surface area contributed by atoms with Gasteiger partial charge < -0.3 is 9.84 Å². The maximum Gasteiger partial charge on any atom is 0.335 e. The van der Waals surface area contributed by atoms with Gasteiger partial charge in [-0.1, -0.05) is 0 Å². The summed E-state index contributed by atoms with van der Waals surface area (Å²) in [4.78, 5) is 36.2. The average molecular weight is 277 g/mol. The van der Waals surface area contributed by atoms with E-state index in [-0.39, 0.29) is 35.9 Å². The number of hydrogen-bond donors (Lipinski definition) is 1. The van der Waals surface area contributed by atoms with E-state index in [9.17, 15) is 14.4 Å². The summed E-state index contributed by atoms with van der Waals surface area (Å²) in [5.41, 5.74) is 0.370. The van der Waals surface area contributed by atoms with Crippen LogP contribution < -0.4 is 0 Å². The number of carboxylic acid groups (broad SMARTS) is 1. The van der Waals surface area contributed by atoms with Gasteiger partial charge in [0.05, 0.1) is 35.9 Å². The molecule has 0 aliphatic carbocycles. The smallest absolute Gasteiger partial charge is 0.335 e. The lowest BCUT2D eigenvalue weighted by molar-refractivity contribution is 0.0448. The van der Waals surface area contributed by atoms with Crippen molar-refractivity contribution >= 4 is 17.8 Å². The predicted octanol–water partition coefficient (Wildman–Crippen LogP) is 1.41. The number of benzene rings is 1. The molecule has 1 aromatic rings. The molecule has 106 valence electrons. The second-order valence-corrected chi connectivity index (χ2v) is 4.75. The third-order valence-corrected chi connectivity index (χ3v) is 2.98. The van der Waals surface area contributed by atoms with Gasteiger partial charge in [0.15, 0.2) is 0 Å². The van der Waals surface area contributed by atoms with E-state index < -0.39 is 17.8 Å². The lowest BCUT2D eigenvalue weighted by Crippen LogP contribution is -2.33. The van der Waals surface area contributed by atoms with E-state index in [1.165, 1.54) is 18.2 Å². The third kappa shape index (κ3) is 2.55. The first-order valence-electron chi connectivity index (χ1n) is 6.27. The van der Waals surface area contributed by atoms with Gasteiger partial charge in [0, 0.05) is 0 Å². The number of nitrogens with zero attached hydrogens (tertiary/aromatic N) is 1. The molecule has 0 bridgehead atoms. The number of carboxylic acids is 1. The summed E-state index contributed by atoms with van der Waals surface area (Å²) in [7, 11) is 0. The van der Waals surface area contributed by atoms with Crippen molar-refractivity contribution in [2.24, 2.45) is 0 Å². The molecule has 1 aliphatic rings. The molecule has 2 amide bonds. The van der Waals surface area contributed by atoms with E-state index >= 15 is 0 Å². The van der Waals surface area contributed by atoms with E-state index in [4.69, 9.17) is 9.84 Å². The SMILES string of the molecule is CC(C)OCCN1C(=O)c2ccc(C(=O)O)cc2C1=O. The minimum absolute atomic E-state index is 0.00909. The highest BCUT2D eigenvalue weighted by atomic mass is 16.5. The van der Waals surface area contributed by atoms with Crippen molar-refractivity contribution in [3.63, 3.8) is 0 Å². The maximum absolute atomic E-state index is 12.1. The van der Waals surface area contributed by atoms with Crippen molar-refractivity contribution in [2.45, 2.75) is 20.0 Å². The first kappa shape index (κ1) is 14.2. The van der Waals surface area contributed by atoms with Gasteiger partial charge in [0.1, 0.15) is 0 Å². The molecule has 6 nitrogen and oxygen atoms in total. The van der Waals surface area contributed by atoms with Gasteiger partial charge in [-0.25, -0.2) is 4.79 Å². The van der Waals surface area contributed by atoms with Crippen LogP contribution in [0.2, 0.25) is 0 Å². The number of ether oxygens (including phenoxy) is 1. The largest absolute Gasteiger partial charge is 0.478 e. The van der Waals surface area contributed by atoms with Gasteiger partial charge in [-0.15, -0.1) is 0 Å². The van der Waals surface area contributed by atoms with E-state index in [1.807, 2.05) is 13.8 Å². The minimum atomic E-state index is -1.13. The molecule has 0 atom stereocenters. The Bertz CT molecular complexity index is 579. The quantitative estimate of drug-likeness (QED) is 0.822. The molecule has 1 aromatic carbocycles. The highest BCUT2D eigenvalue weighted by Gasteiger charge is 2.35. The van der Waals surface area contributed by atoms with Crippen molar-refractivity contribution in [1.29, 1.82) is 0 Å². The van der Waals surface area contributed by atoms with Gasteiger partial charge >= 0.3 is 5.97 Å². The van der Waals surface area contributed by atoms with Crippen LogP contribution in [-0.2, 0) is 4.74 Å². The molecule has 1 heterocycles. The number of carbonyl (C=O) groups is 3. The van der Waals surface area contributed by atoms with Crippen molar-refractivity contribution in [2.75, 3.05) is 13.2 Å². The fraction of sp³-hybridized carbons (Fsp3) is 0.357. The zero-order chi connectivity index (χ0) is 14.9. The summed E-state index contributed by atoms with van der Waals surface area (Å²) in [6.45, 7) is 4.14. The molecule has 0 radical (unpaired) electrons. The molecule has 0 spiro atoms. The summed E-state index contributed by atoms with van der Waals surface area (Å²) in [6, 6.07) is 3.93. The molecule has 20 heavy (non-hydrogen) atoms. The lowest BCUT2D eigenvalue weighted by Gasteiger charge is -2.14. The normalized spacial score (nSPS) is 14.1. The molecule has 2 rings (SSSR count). The number of aromatic carboxylic acids is 1. The summed E-state index contributed by atoms with van der Waals surface area (Å²) in [6.07, 6.45) is 0.0174. The molecular weight excluding hydrogens is 262 g/mol. The van der Waals surface area contributed by atoms with Crippen LogP contribution in [0.5, 0.6) is 0 Å². The minimum Gasteiger partial charge on any atom is -0.478 e. The van der Waals surface area contributed by atoms with E-state index in [1.54, 1.807) is 0 Å². The van der Waals surface area contributed by atoms with Gasteiger partial charge in [-0.05, 0) is 32.0 Å². The maximum atomic E-state index is 12.1. The van der Waals surface area contributed by atoms with Crippen LogP contribution in [-0.4, -0.2) is 47.0 Å². The molecule has 1 N–H and O–H groups in total. The van der Waals surface area contributed by atoms with Crippen LogP contribution in [0.4, 0.5) is 0 Å². The van der Waals surface area contributed by atoms with Gasteiger partial charge in [0.25, 0.3) is 11.8 Å². The Balaban J connectivity index is 2.19. The van der Waals surface area contributed by atoms with Crippen LogP contribution in [0, 0.1) is 0 Å². The van der Waals surface area contributed by atoms with Crippen molar-refractivity contribution < 1.29 is 24.2 Å². The molecule has 0 fully saturated rings. The monoisotopic (exact) mass is 277 g/mol. The fourth-order valence-corrected chi connectivity index (χ4v) is 2.01. The highest BCUT2D eigenvalue weighted by molar-refractivity contribution is 6.21. The standard InChI is InChI=1S/C14H15NO5/c1-8(2)20-6-5-15-12(16)10-4-3-9(14(18)19)7-11(10)13(15)17/h3-4,7-8H,5-6H2,1-2H3,(H,18,19). The molecule has 0 aromatic heterocycles. The summed E-state index contributed by atoms with van der Waals surface area (Å²) in [5.74, 6) is -2.01. The number of fused-ring (bicyclic) bond motifs is 1. The number of rotatable bonds is 5. The van der Waals surface area contributed by atoms with E-state index in [0.29, 0.717) is 0 Å². The average Bonchev–Trinajstić information content (AvgIpc) is 2.63. The predicted molar refractivity (Wildman–Crippen MR) is 69.9 cm³/mol. The Morgan fingerprint density at radius 1 is 1.25 bits per heavy atom. The van der Waals surface area contributed by atoms with Crippen LogP contribution >= 0.6 is 0 Å². The van der Waals surface area contributed by atoms with Crippen LogP contribution in [0.25, 0.3) is 0 Å². The third-order valence-electron chi connectivity index (χ3n) is 2.98. The number of hydrogen-bond acceptors (Lipinski definition) is 4. The zero-order valence-electron chi connectivity index (χ0n) is 11.3. The second-order valence-electron chi connectivity index (χ2n) is 4.75. The van der Waals surface area contributed by atoms with Crippen molar-refractivity contribution in [1.82, 2.24) is 4.90 Å². The number of imide groups is 1. The van der Waals surface area contributed by atoms with Crippen LogP contribution in [0.15, 0.2) is 18.2 Å². The molecule has 0 saturated carbocycles. The Morgan fingerprint density at radius 2 is 1.90 bits per heavy atom. The Hall–Kier alpha value is -2.21. The first-order chi connectivity index (χ1) is 9.41. The first-order valence-corrected chi connectivity index (χ1v) is 6.27. The summed E-state index contributed by atoms with van der Waals surface area (Å²) in [5, 5.41) is 8.91. The highest BCUT2D eigenvalue weighted by Crippen LogP contribution is 2.23. The molecule has 1 aliphatic heterocycles. The second kappa shape index (κ2) is 5.42. The van der Waals surface area contributed by atoms with Gasteiger partial charge in [-0.2, -0.15) is 0 Å². The molecular formula is C14H15NO5. The summed E-state index contributed by atoms with van der Waals surface area (Å²) >= 11 is 0. The Labute approximate surface area is 115 Å². The molecule has 6 heteroatoms. The molecule has 0 saturated heterocycles. The van der Waals surface area contributed by atoms with Crippen molar-refractivity contribution in [3.05, 3.63) is 34.9 Å². The number of carbonyl (C=O) groups excluding carboxylic acids is 2. The summed E-state index contributed by atoms with van der Waals surface area (Å²) < 4.78 is 5.32. The topological polar surface area (TPSA) is 83.9 Å². The van der Waals surface area contributed by atoms with Gasteiger partial charge in [-0.3, -0.25) is 14.5 Å². The van der Waals surface area contributed by atoms with E-state index in [0.717, 1.165) is 4.90 Å². The van der Waals surface area contributed by atoms with Crippen LogP contribution in [0.3, 0.4) is 0 Å². The van der Waals surface area contributed by atoms with Crippen molar-refractivity contribution in [3.8, 4) is 0 Å². The Morgan fingerprint density at radius 3 is 2.50 bits per heavy atom. The van der Waals surface area contributed by atoms with E-state index in [2.05, 4.69) is 0 Å². The molecule has 0 unspecified atom stereocenters.